The molecule has 1 saturated heterocycles. The minimum absolute atomic E-state index is 0.0578. The first kappa shape index (κ1) is 20.7. The Morgan fingerprint density at radius 3 is 2.45 bits per heavy atom. The minimum atomic E-state index is -0.278. The van der Waals surface area contributed by atoms with E-state index in [0.717, 1.165) is 35.7 Å². The molecule has 7 heteroatoms. The van der Waals surface area contributed by atoms with Crippen LogP contribution in [-0.4, -0.2) is 53.9 Å². The van der Waals surface area contributed by atoms with Crippen molar-refractivity contribution in [2.45, 2.75) is 13.5 Å². The third-order valence-corrected chi connectivity index (χ3v) is 5.55. The Bertz CT molecular complexity index is 1120. The highest BCUT2D eigenvalue weighted by molar-refractivity contribution is 5.76. The molecule has 0 spiro atoms. The standard InChI is InChI=1S/C24H26N4O3/c1-18-6-8-19(9-7-18)22-10-11-23(29)28(25-22)17-24(30)27-14-12-26(13-15-27)20-4-3-5-21(16-20)31-2/h3-11,16H,12-15,17H2,1-2H3. The van der Waals surface area contributed by atoms with Crippen LogP contribution in [-0.2, 0) is 11.3 Å². The highest BCUT2D eigenvalue weighted by Crippen LogP contribution is 2.22. The first-order valence-corrected chi connectivity index (χ1v) is 10.4. The largest absolute Gasteiger partial charge is 0.497 e. The molecule has 2 aromatic carbocycles. The molecule has 2 heterocycles. The van der Waals surface area contributed by atoms with Crippen LogP contribution in [0.3, 0.4) is 0 Å². The highest BCUT2D eigenvalue weighted by atomic mass is 16.5. The van der Waals surface area contributed by atoms with E-state index >= 15 is 0 Å². The SMILES string of the molecule is COc1cccc(N2CCN(C(=O)Cn3nc(-c4ccc(C)cc4)ccc3=O)CC2)c1. The number of methoxy groups -OCH3 is 1. The van der Waals surface area contributed by atoms with Gasteiger partial charge in [-0.1, -0.05) is 35.9 Å². The minimum Gasteiger partial charge on any atom is -0.497 e. The monoisotopic (exact) mass is 418 g/mol. The van der Waals surface area contributed by atoms with Crippen LogP contribution in [0.2, 0.25) is 0 Å². The lowest BCUT2D eigenvalue weighted by molar-refractivity contribution is -0.132. The summed E-state index contributed by atoms with van der Waals surface area (Å²) in [6, 6.07) is 19.0. The molecule has 1 fully saturated rings. The molecule has 31 heavy (non-hydrogen) atoms. The number of rotatable bonds is 5. The summed E-state index contributed by atoms with van der Waals surface area (Å²) in [7, 11) is 1.65. The van der Waals surface area contributed by atoms with Gasteiger partial charge in [-0.3, -0.25) is 9.59 Å². The second-order valence-electron chi connectivity index (χ2n) is 7.65. The second-order valence-corrected chi connectivity index (χ2v) is 7.65. The van der Waals surface area contributed by atoms with E-state index in [1.165, 1.54) is 10.7 Å². The van der Waals surface area contributed by atoms with E-state index in [0.29, 0.717) is 18.8 Å². The number of carbonyl (C=O) groups is 1. The van der Waals surface area contributed by atoms with Crippen molar-refractivity contribution in [3.63, 3.8) is 0 Å². The van der Waals surface area contributed by atoms with Crippen molar-refractivity contribution >= 4 is 11.6 Å². The van der Waals surface area contributed by atoms with Crippen LogP contribution in [0.4, 0.5) is 5.69 Å². The van der Waals surface area contributed by atoms with Gasteiger partial charge in [-0.25, -0.2) is 4.68 Å². The van der Waals surface area contributed by atoms with Crippen molar-refractivity contribution in [3.05, 3.63) is 76.6 Å². The quantitative estimate of drug-likeness (QED) is 0.637. The van der Waals surface area contributed by atoms with Crippen LogP contribution in [0.15, 0.2) is 65.5 Å². The Hall–Kier alpha value is -3.61. The number of hydrogen-bond acceptors (Lipinski definition) is 5. The highest BCUT2D eigenvalue weighted by Gasteiger charge is 2.22. The summed E-state index contributed by atoms with van der Waals surface area (Å²) in [6.07, 6.45) is 0. The van der Waals surface area contributed by atoms with Crippen molar-refractivity contribution in [3.8, 4) is 17.0 Å². The Morgan fingerprint density at radius 1 is 1.00 bits per heavy atom. The maximum atomic E-state index is 12.8. The van der Waals surface area contributed by atoms with Gasteiger partial charge in [0.05, 0.1) is 12.8 Å². The zero-order valence-electron chi connectivity index (χ0n) is 17.8. The van der Waals surface area contributed by atoms with Crippen LogP contribution < -0.4 is 15.2 Å². The topological polar surface area (TPSA) is 67.7 Å². The fourth-order valence-electron chi connectivity index (χ4n) is 3.69. The van der Waals surface area contributed by atoms with Gasteiger partial charge in [0.15, 0.2) is 0 Å². The van der Waals surface area contributed by atoms with E-state index in [9.17, 15) is 9.59 Å². The Morgan fingerprint density at radius 2 is 1.74 bits per heavy atom. The number of nitrogens with zero attached hydrogens (tertiary/aromatic N) is 4. The second kappa shape index (κ2) is 9.04. The molecular weight excluding hydrogens is 392 g/mol. The molecule has 0 bridgehead atoms. The molecule has 160 valence electrons. The predicted octanol–water partition coefficient (Wildman–Crippen LogP) is 2.58. The van der Waals surface area contributed by atoms with E-state index in [1.54, 1.807) is 18.1 Å². The summed E-state index contributed by atoms with van der Waals surface area (Å²) in [5.41, 5.74) is 3.55. The number of ether oxygens (including phenoxy) is 1. The smallest absolute Gasteiger partial charge is 0.267 e. The summed E-state index contributed by atoms with van der Waals surface area (Å²) in [5, 5.41) is 4.42. The van der Waals surface area contributed by atoms with Crippen molar-refractivity contribution < 1.29 is 9.53 Å². The van der Waals surface area contributed by atoms with E-state index < -0.39 is 0 Å². The molecule has 0 N–H and O–H groups in total. The van der Waals surface area contributed by atoms with Crippen LogP contribution in [0.5, 0.6) is 5.75 Å². The van der Waals surface area contributed by atoms with Crippen LogP contribution in [0.1, 0.15) is 5.56 Å². The molecule has 1 aliphatic rings. The van der Waals surface area contributed by atoms with Gasteiger partial charge in [0, 0.05) is 49.6 Å². The lowest BCUT2D eigenvalue weighted by atomic mass is 10.1. The average molecular weight is 418 g/mol. The lowest BCUT2D eigenvalue weighted by Crippen LogP contribution is -2.50. The lowest BCUT2D eigenvalue weighted by Gasteiger charge is -2.36. The molecule has 1 aromatic heterocycles. The number of amides is 1. The number of aryl methyl sites for hydroxylation is 1. The summed E-state index contributed by atoms with van der Waals surface area (Å²) in [4.78, 5) is 29.2. The molecule has 3 aromatic rings. The molecule has 1 aliphatic heterocycles. The number of benzene rings is 2. The van der Waals surface area contributed by atoms with Crippen molar-refractivity contribution in [2.75, 3.05) is 38.2 Å². The molecule has 0 saturated carbocycles. The average Bonchev–Trinajstić information content (AvgIpc) is 2.81. The van der Waals surface area contributed by atoms with Gasteiger partial charge < -0.3 is 14.5 Å². The van der Waals surface area contributed by atoms with E-state index in [-0.39, 0.29) is 18.0 Å². The zero-order valence-corrected chi connectivity index (χ0v) is 17.8. The maximum Gasteiger partial charge on any atom is 0.267 e. The number of aromatic nitrogens is 2. The summed E-state index contributed by atoms with van der Waals surface area (Å²) < 4.78 is 6.56. The normalized spacial score (nSPS) is 13.9. The number of anilines is 1. The van der Waals surface area contributed by atoms with Gasteiger partial charge in [-0.2, -0.15) is 5.10 Å². The summed E-state index contributed by atoms with van der Waals surface area (Å²) in [6.45, 7) is 4.61. The predicted molar refractivity (Wildman–Crippen MR) is 120 cm³/mol. The van der Waals surface area contributed by atoms with E-state index in [2.05, 4.69) is 10.00 Å². The van der Waals surface area contributed by atoms with Gasteiger partial charge in [0.2, 0.25) is 5.91 Å². The van der Waals surface area contributed by atoms with Crippen molar-refractivity contribution in [2.24, 2.45) is 0 Å². The Kier molecular flexibility index (Phi) is 6.02. The third-order valence-electron chi connectivity index (χ3n) is 5.55. The Labute approximate surface area is 181 Å². The van der Waals surface area contributed by atoms with E-state index in [4.69, 9.17) is 4.74 Å². The number of hydrogen-bond donors (Lipinski definition) is 0. The van der Waals surface area contributed by atoms with Gasteiger partial charge in [0.25, 0.3) is 5.56 Å². The van der Waals surface area contributed by atoms with Crippen molar-refractivity contribution in [1.82, 2.24) is 14.7 Å². The first-order chi connectivity index (χ1) is 15.0. The number of carbonyl (C=O) groups excluding carboxylic acids is 1. The molecule has 0 radical (unpaired) electrons. The van der Waals surface area contributed by atoms with Gasteiger partial charge in [0.1, 0.15) is 12.3 Å². The first-order valence-electron chi connectivity index (χ1n) is 10.4. The van der Waals surface area contributed by atoms with Crippen molar-refractivity contribution in [1.29, 1.82) is 0 Å². The van der Waals surface area contributed by atoms with Crippen LogP contribution >= 0.6 is 0 Å². The number of piperazine rings is 1. The molecular formula is C24H26N4O3. The molecule has 0 atom stereocenters. The summed E-state index contributed by atoms with van der Waals surface area (Å²) in [5.74, 6) is 0.718. The molecule has 7 nitrogen and oxygen atoms in total. The van der Waals surface area contributed by atoms with Gasteiger partial charge in [-0.05, 0) is 25.1 Å². The van der Waals surface area contributed by atoms with Gasteiger partial charge in [-0.15, -0.1) is 0 Å². The summed E-state index contributed by atoms with van der Waals surface area (Å²) >= 11 is 0. The third kappa shape index (κ3) is 4.77. The molecule has 0 aliphatic carbocycles. The molecule has 0 unspecified atom stereocenters. The zero-order chi connectivity index (χ0) is 21.8. The fraction of sp³-hybridized carbons (Fsp3) is 0.292. The molecule has 1 amide bonds. The van der Waals surface area contributed by atoms with E-state index in [1.807, 2.05) is 55.5 Å². The van der Waals surface area contributed by atoms with Crippen LogP contribution in [0.25, 0.3) is 11.3 Å². The van der Waals surface area contributed by atoms with Crippen LogP contribution in [0, 0.1) is 6.92 Å². The Balaban J connectivity index is 1.41. The molecule has 4 rings (SSSR count). The maximum absolute atomic E-state index is 12.8. The fourth-order valence-corrected chi connectivity index (χ4v) is 3.69. The van der Waals surface area contributed by atoms with Gasteiger partial charge >= 0.3 is 0 Å².